The zero-order valence-corrected chi connectivity index (χ0v) is 21.6. The number of aromatic nitrogens is 2. The molecule has 0 spiro atoms. The predicted octanol–water partition coefficient (Wildman–Crippen LogP) is 10.2. The maximum atomic E-state index is 2.53. The minimum Gasteiger partial charge on any atom is -0.309 e. The number of benzene rings is 7. The Morgan fingerprint density at radius 3 is 1.62 bits per heavy atom. The second kappa shape index (κ2) is 7.19. The third-order valence-corrected chi connectivity index (χ3v) is 8.94. The van der Waals surface area contributed by atoms with Gasteiger partial charge in [0.2, 0.25) is 0 Å². The summed E-state index contributed by atoms with van der Waals surface area (Å²) >= 11 is 0. The summed E-state index contributed by atoms with van der Waals surface area (Å²) in [6.45, 7) is 0. The minimum absolute atomic E-state index is 1.19. The highest BCUT2D eigenvalue weighted by atomic mass is 15.0. The lowest BCUT2D eigenvalue weighted by Crippen LogP contribution is -1.93. The van der Waals surface area contributed by atoms with Gasteiger partial charge in [0.05, 0.1) is 27.6 Å². The molecule has 3 heterocycles. The quantitative estimate of drug-likeness (QED) is 0.209. The Kier molecular flexibility index (Phi) is 3.70. The average molecular weight is 507 g/mol. The van der Waals surface area contributed by atoms with E-state index in [0.29, 0.717) is 0 Å². The molecular formula is C38H22N2. The molecule has 0 aliphatic rings. The Labute approximate surface area is 229 Å². The van der Waals surface area contributed by atoms with Crippen molar-refractivity contribution in [2.75, 3.05) is 0 Å². The number of hydrogen-bond donors (Lipinski definition) is 0. The van der Waals surface area contributed by atoms with Gasteiger partial charge in [0.25, 0.3) is 0 Å². The summed E-state index contributed by atoms with van der Waals surface area (Å²) in [5, 5.41) is 12.9. The number of para-hydroxylation sites is 2. The van der Waals surface area contributed by atoms with Gasteiger partial charge in [0.15, 0.2) is 0 Å². The van der Waals surface area contributed by atoms with E-state index in [1.54, 1.807) is 0 Å². The first-order valence-electron chi connectivity index (χ1n) is 13.9. The van der Waals surface area contributed by atoms with Crippen LogP contribution >= 0.6 is 0 Å². The van der Waals surface area contributed by atoms with Gasteiger partial charge >= 0.3 is 0 Å². The highest BCUT2D eigenvalue weighted by Gasteiger charge is 2.24. The van der Waals surface area contributed by atoms with Crippen LogP contribution in [0.4, 0.5) is 0 Å². The second-order valence-electron chi connectivity index (χ2n) is 11.0. The van der Waals surface area contributed by atoms with Crippen LogP contribution in [0.25, 0.3) is 87.1 Å². The Morgan fingerprint density at radius 2 is 0.900 bits per heavy atom. The lowest BCUT2D eigenvalue weighted by Gasteiger charge is -2.09. The van der Waals surface area contributed by atoms with Gasteiger partial charge in [-0.3, -0.25) is 0 Å². The van der Waals surface area contributed by atoms with Crippen molar-refractivity contribution in [3.05, 3.63) is 133 Å². The fraction of sp³-hybridized carbons (Fsp3) is 0. The van der Waals surface area contributed by atoms with Gasteiger partial charge in [-0.1, -0.05) is 84.9 Å². The Bertz CT molecular complexity index is 2630. The van der Waals surface area contributed by atoms with Crippen LogP contribution < -0.4 is 0 Å². The van der Waals surface area contributed by atoms with Gasteiger partial charge in [0, 0.05) is 38.0 Å². The van der Waals surface area contributed by atoms with E-state index in [-0.39, 0.29) is 0 Å². The van der Waals surface area contributed by atoms with Gasteiger partial charge in [0.1, 0.15) is 0 Å². The summed E-state index contributed by atoms with van der Waals surface area (Å²) in [7, 11) is 0. The molecule has 2 nitrogen and oxygen atoms in total. The van der Waals surface area contributed by atoms with E-state index in [0.717, 1.165) is 0 Å². The van der Waals surface area contributed by atoms with Crippen molar-refractivity contribution in [3.8, 4) is 5.69 Å². The van der Waals surface area contributed by atoms with Gasteiger partial charge in [-0.15, -0.1) is 0 Å². The van der Waals surface area contributed by atoms with Gasteiger partial charge in [-0.25, -0.2) is 0 Å². The number of hydrogen-bond acceptors (Lipinski definition) is 0. The summed E-state index contributed by atoms with van der Waals surface area (Å²) < 4.78 is 5.00. The molecular weight excluding hydrogens is 484 g/mol. The van der Waals surface area contributed by atoms with E-state index < -0.39 is 0 Å². The molecule has 40 heavy (non-hydrogen) atoms. The summed E-state index contributed by atoms with van der Waals surface area (Å²) in [5.41, 5.74) is 7.55. The van der Waals surface area contributed by atoms with E-state index in [4.69, 9.17) is 0 Å². The second-order valence-corrected chi connectivity index (χ2v) is 11.0. The molecule has 10 rings (SSSR count). The fourth-order valence-corrected chi connectivity index (χ4v) is 7.27. The van der Waals surface area contributed by atoms with Crippen LogP contribution in [0.1, 0.15) is 0 Å². The van der Waals surface area contributed by atoms with Crippen LogP contribution in [0, 0.1) is 0 Å². The first kappa shape index (κ1) is 20.6. The molecule has 0 saturated heterocycles. The number of nitrogens with zero attached hydrogens (tertiary/aromatic N) is 2. The van der Waals surface area contributed by atoms with E-state index in [2.05, 4.69) is 142 Å². The normalized spacial score (nSPS) is 12.5. The molecule has 3 aromatic heterocycles. The zero-order chi connectivity index (χ0) is 25.9. The van der Waals surface area contributed by atoms with Crippen LogP contribution in [0.2, 0.25) is 0 Å². The minimum atomic E-state index is 1.19. The maximum Gasteiger partial charge on any atom is 0.0642 e. The molecule has 0 saturated carbocycles. The van der Waals surface area contributed by atoms with Crippen molar-refractivity contribution in [3.63, 3.8) is 0 Å². The standard InChI is InChI=1S/C38H22N2/c1-2-14-27(15-3-1)39-33-17-9-8-16-28(33)30-22-31-29-18-23-10-4-6-12-25(23)20-34(29)40-35-21-26-13-7-5-11-24(26)19-32(35)36(37(30)39)38(31)40/h1-22H. The van der Waals surface area contributed by atoms with Crippen molar-refractivity contribution in [1.82, 2.24) is 8.97 Å². The van der Waals surface area contributed by atoms with E-state index in [9.17, 15) is 0 Å². The fourth-order valence-electron chi connectivity index (χ4n) is 7.27. The van der Waals surface area contributed by atoms with Crippen molar-refractivity contribution >= 4 is 81.4 Å². The van der Waals surface area contributed by atoms with E-state index in [1.807, 2.05) is 0 Å². The molecule has 10 aromatic rings. The Balaban J connectivity index is 1.57. The van der Waals surface area contributed by atoms with Crippen LogP contribution in [-0.2, 0) is 0 Å². The maximum absolute atomic E-state index is 2.53. The first-order chi connectivity index (χ1) is 19.8. The highest BCUT2D eigenvalue weighted by Crippen LogP contribution is 2.47. The highest BCUT2D eigenvalue weighted by molar-refractivity contribution is 6.35. The number of rotatable bonds is 1. The van der Waals surface area contributed by atoms with Gasteiger partial charge in [-0.2, -0.15) is 0 Å². The molecule has 2 heteroatoms. The molecule has 184 valence electrons. The average Bonchev–Trinajstić information content (AvgIpc) is 3.63. The largest absolute Gasteiger partial charge is 0.309 e. The van der Waals surface area contributed by atoms with Crippen LogP contribution in [0.5, 0.6) is 0 Å². The summed E-state index contributed by atoms with van der Waals surface area (Å²) in [6.07, 6.45) is 0. The zero-order valence-electron chi connectivity index (χ0n) is 21.6. The molecule has 7 aromatic carbocycles. The molecule has 0 N–H and O–H groups in total. The number of fused-ring (bicyclic) bond motifs is 12. The monoisotopic (exact) mass is 506 g/mol. The summed E-state index contributed by atoms with van der Waals surface area (Å²) in [4.78, 5) is 0. The van der Waals surface area contributed by atoms with Crippen molar-refractivity contribution in [1.29, 1.82) is 0 Å². The third-order valence-electron chi connectivity index (χ3n) is 8.94. The van der Waals surface area contributed by atoms with E-state index >= 15 is 0 Å². The van der Waals surface area contributed by atoms with Gasteiger partial charge in [-0.05, 0) is 70.1 Å². The van der Waals surface area contributed by atoms with E-state index in [1.165, 1.54) is 87.1 Å². The lowest BCUT2D eigenvalue weighted by molar-refractivity contribution is 1.19. The topological polar surface area (TPSA) is 9.34 Å². The molecule has 0 aliphatic heterocycles. The molecule has 0 atom stereocenters. The third kappa shape index (κ3) is 2.45. The van der Waals surface area contributed by atoms with Crippen LogP contribution in [-0.4, -0.2) is 8.97 Å². The van der Waals surface area contributed by atoms with Crippen molar-refractivity contribution < 1.29 is 0 Å². The van der Waals surface area contributed by atoms with Crippen LogP contribution in [0.15, 0.2) is 133 Å². The molecule has 0 amide bonds. The van der Waals surface area contributed by atoms with Crippen LogP contribution in [0.3, 0.4) is 0 Å². The Morgan fingerprint density at radius 1 is 0.350 bits per heavy atom. The SMILES string of the molecule is c1ccc(-n2c3ccccc3c3cc4c5cc6ccccc6cc5n5c6cc7ccccc7cc6c(c32)c45)cc1. The van der Waals surface area contributed by atoms with Crippen molar-refractivity contribution in [2.45, 2.75) is 0 Å². The molecule has 0 aliphatic carbocycles. The summed E-state index contributed by atoms with van der Waals surface area (Å²) in [6, 6.07) is 49.2. The lowest BCUT2D eigenvalue weighted by atomic mass is 10.00. The van der Waals surface area contributed by atoms with Gasteiger partial charge < -0.3 is 8.97 Å². The smallest absolute Gasteiger partial charge is 0.0642 e. The molecule has 0 unspecified atom stereocenters. The summed E-state index contributed by atoms with van der Waals surface area (Å²) in [5.74, 6) is 0. The van der Waals surface area contributed by atoms with Crippen molar-refractivity contribution in [2.24, 2.45) is 0 Å². The molecule has 0 fully saturated rings. The first-order valence-corrected chi connectivity index (χ1v) is 13.9. The molecule has 0 radical (unpaired) electrons. The predicted molar refractivity (Wildman–Crippen MR) is 170 cm³/mol. The Hall–Kier alpha value is -5.34. The molecule has 0 bridgehead atoms.